The van der Waals surface area contributed by atoms with Gasteiger partial charge in [0.1, 0.15) is 15.9 Å². The Hall–Kier alpha value is -2.21. The summed E-state index contributed by atoms with van der Waals surface area (Å²) in [5.74, 6) is -0.898. The third-order valence-corrected chi connectivity index (χ3v) is 5.10. The Morgan fingerprint density at radius 1 is 1.35 bits per heavy atom. The number of nitrogens with one attached hydrogen (secondary N) is 1. The van der Waals surface area contributed by atoms with Crippen LogP contribution in [0.25, 0.3) is 10.6 Å². The smallest absolute Gasteiger partial charge is 0.326 e. The third-order valence-electron chi connectivity index (χ3n) is 3.89. The van der Waals surface area contributed by atoms with Gasteiger partial charge in [-0.2, -0.15) is 0 Å². The van der Waals surface area contributed by atoms with E-state index in [2.05, 4.69) is 10.3 Å². The van der Waals surface area contributed by atoms with E-state index in [0.717, 1.165) is 23.4 Å². The average Bonchev–Trinajstić information content (AvgIpc) is 3.27. The molecule has 6 heteroatoms. The molecule has 5 nitrogen and oxygen atoms in total. The van der Waals surface area contributed by atoms with Crippen LogP contribution in [0.2, 0.25) is 0 Å². The Morgan fingerprint density at radius 2 is 2.04 bits per heavy atom. The van der Waals surface area contributed by atoms with Gasteiger partial charge in [-0.05, 0) is 19.3 Å². The van der Waals surface area contributed by atoms with Crippen LogP contribution in [0, 0.1) is 12.8 Å². The topological polar surface area (TPSA) is 79.3 Å². The Balaban J connectivity index is 1.76. The molecular weight excluding hydrogens is 312 g/mol. The maximum absolute atomic E-state index is 12.4. The van der Waals surface area contributed by atoms with Crippen LogP contribution in [0.3, 0.4) is 0 Å². The number of nitrogens with zero attached hydrogens (tertiary/aromatic N) is 1. The average molecular weight is 330 g/mol. The van der Waals surface area contributed by atoms with Gasteiger partial charge in [-0.15, -0.1) is 11.3 Å². The van der Waals surface area contributed by atoms with Crippen LogP contribution in [0.4, 0.5) is 0 Å². The zero-order valence-electron chi connectivity index (χ0n) is 12.8. The number of benzene rings is 1. The number of carboxylic acid groups (broad SMARTS) is 1. The van der Waals surface area contributed by atoms with E-state index >= 15 is 0 Å². The van der Waals surface area contributed by atoms with Gasteiger partial charge in [-0.25, -0.2) is 9.78 Å². The van der Waals surface area contributed by atoms with E-state index in [0.29, 0.717) is 22.9 Å². The van der Waals surface area contributed by atoms with E-state index in [4.69, 9.17) is 0 Å². The summed E-state index contributed by atoms with van der Waals surface area (Å²) in [4.78, 5) is 28.7. The summed E-state index contributed by atoms with van der Waals surface area (Å²) in [5.41, 5.74) is 1.58. The first-order chi connectivity index (χ1) is 11.0. The fourth-order valence-corrected chi connectivity index (χ4v) is 3.42. The Labute approximate surface area is 138 Å². The predicted octanol–water partition coefficient (Wildman–Crippen LogP) is 3.10. The van der Waals surface area contributed by atoms with Crippen molar-refractivity contribution in [2.24, 2.45) is 5.92 Å². The van der Waals surface area contributed by atoms with Crippen LogP contribution < -0.4 is 5.32 Å². The number of carbonyl (C=O) groups is 2. The normalized spacial score (nSPS) is 15.2. The van der Waals surface area contributed by atoms with E-state index in [9.17, 15) is 14.7 Å². The number of amides is 1. The number of aromatic nitrogens is 1. The van der Waals surface area contributed by atoms with Crippen molar-refractivity contribution in [2.75, 3.05) is 0 Å². The molecule has 1 saturated carbocycles. The summed E-state index contributed by atoms with van der Waals surface area (Å²) in [7, 11) is 0. The molecule has 1 aromatic carbocycles. The highest BCUT2D eigenvalue weighted by molar-refractivity contribution is 7.17. The second kappa shape index (κ2) is 6.50. The highest BCUT2D eigenvalue weighted by Gasteiger charge is 2.31. The lowest BCUT2D eigenvalue weighted by Crippen LogP contribution is -2.41. The number of aliphatic carboxylic acids is 1. The fourth-order valence-electron chi connectivity index (χ4n) is 2.44. The lowest BCUT2D eigenvalue weighted by atomic mass is 10.1. The summed E-state index contributed by atoms with van der Waals surface area (Å²) < 4.78 is 0. The Kier molecular flexibility index (Phi) is 4.43. The minimum atomic E-state index is -0.976. The first kappa shape index (κ1) is 15.7. The van der Waals surface area contributed by atoms with Crippen LogP contribution in [0.1, 0.15) is 34.6 Å². The molecule has 1 heterocycles. The Bertz CT molecular complexity index is 723. The number of carbonyl (C=O) groups excluding carboxylic acids is 1. The molecule has 120 valence electrons. The maximum atomic E-state index is 12.4. The predicted molar refractivity (Wildman–Crippen MR) is 88.5 cm³/mol. The highest BCUT2D eigenvalue weighted by atomic mass is 32.1. The van der Waals surface area contributed by atoms with Crippen molar-refractivity contribution in [1.29, 1.82) is 0 Å². The summed E-state index contributed by atoms with van der Waals surface area (Å²) in [6, 6.07) is 8.81. The molecule has 0 spiro atoms. The van der Waals surface area contributed by atoms with Crippen LogP contribution in [0.15, 0.2) is 30.3 Å². The van der Waals surface area contributed by atoms with Gasteiger partial charge < -0.3 is 10.4 Å². The van der Waals surface area contributed by atoms with Gasteiger partial charge in [0.25, 0.3) is 5.91 Å². The van der Waals surface area contributed by atoms with Gasteiger partial charge in [0.05, 0.1) is 5.69 Å². The number of hydrogen-bond donors (Lipinski definition) is 2. The van der Waals surface area contributed by atoms with Crippen molar-refractivity contribution in [3.63, 3.8) is 0 Å². The second-order valence-corrected chi connectivity index (χ2v) is 6.84. The van der Waals surface area contributed by atoms with E-state index in [1.165, 1.54) is 11.3 Å². The van der Waals surface area contributed by atoms with E-state index in [-0.39, 0.29) is 5.91 Å². The van der Waals surface area contributed by atoms with E-state index in [1.807, 2.05) is 30.3 Å². The Morgan fingerprint density at radius 3 is 2.65 bits per heavy atom. The van der Waals surface area contributed by atoms with Crippen molar-refractivity contribution in [2.45, 2.75) is 32.2 Å². The van der Waals surface area contributed by atoms with Crippen LogP contribution in [-0.2, 0) is 4.79 Å². The van der Waals surface area contributed by atoms with Gasteiger partial charge >= 0.3 is 5.97 Å². The van der Waals surface area contributed by atoms with Crippen molar-refractivity contribution < 1.29 is 14.7 Å². The van der Waals surface area contributed by atoms with Crippen molar-refractivity contribution in [1.82, 2.24) is 10.3 Å². The molecule has 0 radical (unpaired) electrons. The number of rotatable bonds is 6. The summed E-state index contributed by atoms with van der Waals surface area (Å²) in [6.45, 7) is 1.77. The molecule has 2 N–H and O–H groups in total. The van der Waals surface area contributed by atoms with Crippen LogP contribution >= 0.6 is 11.3 Å². The fraction of sp³-hybridized carbons (Fsp3) is 0.353. The molecule has 1 aliphatic rings. The number of hydrogen-bond acceptors (Lipinski definition) is 4. The number of carboxylic acids is 1. The maximum Gasteiger partial charge on any atom is 0.326 e. The molecule has 1 atom stereocenters. The molecule has 0 saturated heterocycles. The molecular formula is C17H18N2O3S. The second-order valence-electron chi connectivity index (χ2n) is 5.84. The first-order valence-corrected chi connectivity index (χ1v) is 8.42. The monoisotopic (exact) mass is 330 g/mol. The van der Waals surface area contributed by atoms with Gasteiger partial charge in [0.2, 0.25) is 0 Å². The molecule has 23 heavy (non-hydrogen) atoms. The molecule has 1 unspecified atom stereocenters. The first-order valence-electron chi connectivity index (χ1n) is 7.61. The number of aryl methyl sites for hydroxylation is 1. The molecule has 0 bridgehead atoms. The number of thiazole rings is 1. The highest BCUT2D eigenvalue weighted by Crippen LogP contribution is 2.34. The van der Waals surface area contributed by atoms with Gasteiger partial charge in [0.15, 0.2) is 0 Å². The van der Waals surface area contributed by atoms with Crippen LogP contribution in [0.5, 0.6) is 0 Å². The SMILES string of the molecule is Cc1nc(-c2ccccc2)sc1C(=O)NC(CC1CC1)C(=O)O. The summed E-state index contributed by atoms with van der Waals surface area (Å²) in [6.07, 6.45) is 2.61. The van der Waals surface area contributed by atoms with E-state index < -0.39 is 12.0 Å². The van der Waals surface area contributed by atoms with Gasteiger partial charge in [-0.1, -0.05) is 43.2 Å². The molecule has 1 aliphatic carbocycles. The zero-order valence-corrected chi connectivity index (χ0v) is 13.6. The zero-order chi connectivity index (χ0) is 16.4. The minimum Gasteiger partial charge on any atom is -0.480 e. The third kappa shape index (κ3) is 3.76. The quantitative estimate of drug-likeness (QED) is 0.853. The molecule has 1 aromatic heterocycles. The van der Waals surface area contributed by atoms with Crippen molar-refractivity contribution >= 4 is 23.2 Å². The van der Waals surface area contributed by atoms with Gasteiger partial charge in [0, 0.05) is 5.56 Å². The summed E-state index contributed by atoms with van der Waals surface area (Å²) in [5, 5.41) is 12.7. The van der Waals surface area contributed by atoms with Crippen molar-refractivity contribution in [3.05, 3.63) is 40.9 Å². The largest absolute Gasteiger partial charge is 0.480 e. The molecule has 0 aliphatic heterocycles. The standard InChI is InChI=1S/C17H18N2O3S/c1-10-14(23-16(18-10)12-5-3-2-4-6-12)15(20)19-13(17(21)22)9-11-7-8-11/h2-6,11,13H,7-9H2,1H3,(H,19,20)(H,21,22). The summed E-state index contributed by atoms with van der Waals surface area (Å²) >= 11 is 1.29. The lowest BCUT2D eigenvalue weighted by Gasteiger charge is -2.13. The van der Waals surface area contributed by atoms with Crippen molar-refractivity contribution in [3.8, 4) is 10.6 Å². The molecule has 1 fully saturated rings. The lowest BCUT2D eigenvalue weighted by molar-refractivity contribution is -0.139. The van der Waals surface area contributed by atoms with E-state index in [1.54, 1.807) is 6.92 Å². The van der Waals surface area contributed by atoms with Gasteiger partial charge in [-0.3, -0.25) is 4.79 Å². The molecule has 2 aromatic rings. The molecule has 3 rings (SSSR count). The minimum absolute atomic E-state index is 0.352. The molecule has 1 amide bonds. The van der Waals surface area contributed by atoms with Crippen LogP contribution in [-0.4, -0.2) is 28.0 Å².